The Labute approximate surface area is 149 Å². The van der Waals surface area contributed by atoms with Crippen LogP contribution < -0.4 is 15.9 Å². The van der Waals surface area contributed by atoms with E-state index in [9.17, 15) is 18.4 Å². The van der Waals surface area contributed by atoms with Gasteiger partial charge in [-0.1, -0.05) is 0 Å². The number of alkyl halides is 3. The number of hydroxylamine groups is 1. The standard InChI is InChI=1S/C16H22F3N5O2/c1-4-21-15(23-24(25)5-2)14(10-20)11(3)22-12-6-8-13(9-7-12)26-16(17,18)19/h6-10,25H,4-5,20H2,1-3H3,(H,21,23). The summed E-state index contributed by atoms with van der Waals surface area (Å²) >= 11 is 0. The van der Waals surface area contributed by atoms with Crippen LogP contribution in [0.4, 0.5) is 18.9 Å². The highest BCUT2D eigenvalue weighted by Gasteiger charge is 2.30. The highest BCUT2D eigenvalue weighted by Crippen LogP contribution is 2.25. The van der Waals surface area contributed by atoms with Gasteiger partial charge in [-0.05, 0) is 45.0 Å². The van der Waals surface area contributed by atoms with Gasteiger partial charge in [0.05, 0.1) is 17.0 Å². The number of hydrogen-bond acceptors (Lipinski definition) is 6. The SMILES string of the molecule is CCN=C(NN(O)CC)C(=CN)C(C)=Nc1ccc(OC(F)(F)F)cc1. The molecule has 0 bridgehead atoms. The number of nitrogens with zero attached hydrogens (tertiary/aromatic N) is 3. The predicted octanol–water partition coefficient (Wildman–Crippen LogP) is 3.15. The van der Waals surface area contributed by atoms with Crippen molar-refractivity contribution in [2.45, 2.75) is 27.1 Å². The average Bonchev–Trinajstić information content (AvgIpc) is 2.56. The van der Waals surface area contributed by atoms with Gasteiger partial charge >= 0.3 is 6.36 Å². The summed E-state index contributed by atoms with van der Waals surface area (Å²) in [6, 6.07) is 5.09. The van der Waals surface area contributed by atoms with Crippen LogP contribution in [0.3, 0.4) is 0 Å². The van der Waals surface area contributed by atoms with Crippen molar-refractivity contribution in [3.05, 3.63) is 36.0 Å². The third kappa shape index (κ3) is 7.11. The van der Waals surface area contributed by atoms with Crippen molar-refractivity contribution in [3.63, 3.8) is 0 Å². The molecule has 10 heteroatoms. The molecule has 0 radical (unpaired) electrons. The fraction of sp³-hybridized carbons (Fsp3) is 0.375. The van der Waals surface area contributed by atoms with E-state index in [1.165, 1.54) is 18.3 Å². The Hall–Kier alpha value is -2.59. The van der Waals surface area contributed by atoms with E-state index in [2.05, 4.69) is 20.1 Å². The van der Waals surface area contributed by atoms with E-state index in [1.54, 1.807) is 13.8 Å². The molecule has 0 aliphatic rings. The molecule has 4 N–H and O–H groups in total. The Kier molecular flexibility index (Phi) is 8.07. The molecule has 0 spiro atoms. The summed E-state index contributed by atoms with van der Waals surface area (Å²) in [4.78, 5) is 8.54. The predicted molar refractivity (Wildman–Crippen MR) is 93.4 cm³/mol. The number of hydrazine groups is 1. The van der Waals surface area contributed by atoms with Gasteiger partial charge in [-0.15, -0.1) is 18.3 Å². The lowest BCUT2D eigenvalue weighted by atomic mass is 10.1. The van der Waals surface area contributed by atoms with E-state index < -0.39 is 6.36 Å². The number of halogens is 3. The van der Waals surface area contributed by atoms with Crippen molar-refractivity contribution in [2.75, 3.05) is 13.1 Å². The van der Waals surface area contributed by atoms with Gasteiger partial charge in [0.25, 0.3) is 0 Å². The molecule has 1 aromatic carbocycles. The molecule has 0 heterocycles. The van der Waals surface area contributed by atoms with Gasteiger partial charge in [-0.2, -0.15) is 0 Å². The lowest BCUT2D eigenvalue weighted by Crippen LogP contribution is -2.41. The Morgan fingerprint density at radius 2 is 1.92 bits per heavy atom. The molecule has 0 unspecified atom stereocenters. The summed E-state index contributed by atoms with van der Waals surface area (Å²) in [6.45, 7) is 5.95. The molecule has 1 rings (SSSR count). The fourth-order valence-corrected chi connectivity index (χ4v) is 1.89. The van der Waals surface area contributed by atoms with Crippen LogP contribution in [0.2, 0.25) is 0 Å². The highest BCUT2D eigenvalue weighted by atomic mass is 19.4. The van der Waals surface area contributed by atoms with Gasteiger partial charge in [0.15, 0.2) is 0 Å². The molecule has 0 aliphatic carbocycles. The van der Waals surface area contributed by atoms with Crippen LogP contribution in [0.25, 0.3) is 0 Å². The van der Waals surface area contributed by atoms with Crippen molar-refractivity contribution in [1.29, 1.82) is 0 Å². The summed E-state index contributed by atoms with van der Waals surface area (Å²) in [7, 11) is 0. The van der Waals surface area contributed by atoms with Crippen molar-refractivity contribution < 1.29 is 23.1 Å². The second-order valence-corrected chi connectivity index (χ2v) is 4.97. The summed E-state index contributed by atoms with van der Waals surface area (Å²) in [5, 5.41) is 10.5. The lowest BCUT2D eigenvalue weighted by Gasteiger charge is -2.18. The molecule has 0 aliphatic heterocycles. The highest BCUT2D eigenvalue weighted by molar-refractivity contribution is 6.23. The third-order valence-corrected chi connectivity index (χ3v) is 3.03. The molecule has 0 atom stereocenters. The topological polar surface area (TPSA) is 95.5 Å². The maximum absolute atomic E-state index is 12.2. The van der Waals surface area contributed by atoms with Crippen molar-refractivity contribution in [3.8, 4) is 5.75 Å². The van der Waals surface area contributed by atoms with Gasteiger partial charge < -0.3 is 10.5 Å². The third-order valence-electron chi connectivity index (χ3n) is 3.03. The number of benzene rings is 1. The molecule has 1 aromatic rings. The number of hydrogen-bond donors (Lipinski definition) is 3. The minimum absolute atomic E-state index is 0.303. The first-order chi connectivity index (χ1) is 12.2. The van der Waals surface area contributed by atoms with E-state index in [4.69, 9.17) is 5.73 Å². The quantitative estimate of drug-likeness (QED) is 0.388. The zero-order valence-corrected chi connectivity index (χ0v) is 14.7. The molecule has 26 heavy (non-hydrogen) atoms. The number of nitrogens with two attached hydrogens (primary N) is 1. The second-order valence-electron chi connectivity index (χ2n) is 4.97. The van der Waals surface area contributed by atoms with Crippen molar-refractivity contribution in [1.82, 2.24) is 10.6 Å². The summed E-state index contributed by atoms with van der Waals surface area (Å²) in [5.74, 6) is -0.0184. The Balaban J connectivity index is 3.02. The van der Waals surface area contributed by atoms with Crippen molar-refractivity contribution >= 4 is 17.2 Å². The molecule has 144 valence electrons. The van der Waals surface area contributed by atoms with E-state index in [0.717, 1.165) is 17.3 Å². The van der Waals surface area contributed by atoms with Crippen molar-refractivity contribution in [2.24, 2.45) is 15.7 Å². The second kappa shape index (κ2) is 9.78. The zero-order valence-electron chi connectivity index (χ0n) is 14.7. The Morgan fingerprint density at radius 1 is 1.31 bits per heavy atom. The van der Waals surface area contributed by atoms with Gasteiger partial charge in [0, 0.05) is 19.3 Å². The molecule has 0 saturated heterocycles. The number of amidine groups is 1. The summed E-state index contributed by atoms with van der Waals surface area (Å²) < 4.78 is 40.4. The van der Waals surface area contributed by atoms with Gasteiger partial charge in [0.2, 0.25) is 0 Å². The molecule has 0 fully saturated rings. The van der Waals surface area contributed by atoms with Gasteiger partial charge in [0.1, 0.15) is 11.6 Å². The molecule has 0 saturated carbocycles. The first kappa shape index (κ1) is 21.5. The van der Waals surface area contributed by atoms with E-state index >= 15 is 0 Å². The summed E-state index contributed by atoms with van der Waals surface area (Å²) in [6.07, 6.45) is -3.46. The van der Waals surface area contributed by atoms with Crippen LogP contribution in [0, 0.1) is 0 Å². The van der Waals surface area contributed by atoms with E-state index in [1.807, 2.05) is 6.92 Å². The first-order valence-electron chi connectivity index (χ1n) is 7.81. The minimum Gasteiger partial charge on any atom is -0.406 e. The molecule has 0 amide bonds. The number of aliphatic imine (C=N–C) groups is 2. The smallest absolute Gasteiger partial charge is 0.406 e. The normalized spacial score (nSPS) is 13.9. The zero-order chi connectivity index (χ0) is 19.7. The molecule has 0 aromatic heterocycles. The Bertz CT molecular complexity index is 669. The minimum atomic E-state index is -4.75. The number of ether oxygens (including phenoxy) is 1. The van der Waals surface area contributed by atoms with Crippen LogP contribution in [0.1, 0.15) is 20.8 Å². The van der Waals surface area contributed by atoms with E-state index in [0.29, 0.717) is 35.9 Å². The molecule has 7 nitrogen and oxygen atoms in total. The Morgan fingerprint density at radius 3 is 2.38 bits per heavy atom. The monoisotopic (exact) mass is 373 g/mol. The van der Waals surface area contributed by atoms with E-state index in [-0.39, 0.29) is 5.75 Å². The fourth-order valence-electron chi connectivity index (χ4n) is 1.89. The molecular weight excluding hydrogens is 351 g/mol. The average molecular weight is 373 g/mol. The van der Waals surface area contributed by atoms with Gasteiger partial charge in [-0.3, -0.25) is 20.6 Å². The van der Waals surface area contributed by atoms with Crippen LogP contribution in [-0.2, 0) is 0 Å². The van der Waals surface area contributed by atoms with Gasteiger partial charge in [-0.25, -0.2) is 0 Å². The number of rotatable bonds is 7. The van der Waals surface area contributed by atoms with Crippen LogP contribution in [0.5, 0.6) is 5.75 Å². The first-order valence-corrected chi connectivity index (χ1v) is 7.81. The van der Waals surface area contributed by atoms with Crippen LogP contribution >= 0.6 is 0 Å². The van der Waals surface area contributed by atoms with Crippen LogP contribution in [-0.4, -0.2) is 41.4 Å². The summed E-state index contributed by atoms with van der Waals surface area (Å²) in [5.41, 5.74) is 9.65. The maximum Gasteiger partial charge on any atom is 0.573 e. The maximum atomic E-state index is 12.2. The largest absolute Gasteiger partial charge is 0.573 e. The molecular formula is C16H22F3N5O2. The number of nitrogens with one attached hydrogen (secondary N) is 1. The van der Waals surface area contributed by atoms with Crippen LogP contribution in [0.15, 0.2) is 46.0 Å². The lowest BCUT2D eigenvalue weighted by molar-refractivity contribution is -0.274.